The Morgan fingerprint density at radius 1 is 1.28 bits per heavy atom. The molecule has 3 atom stereocenters. The number of methoxy groups -OCH3 is 1. The van der Waals surface area contributed by atoms with E-state index in [4.69, 9.17) is 4.74 Å². The highest BCUT2D eigenvalue weighted by Crippen LogP contribution is 2.33. The zero-order chi connectivity index (χ0) is 13.6. The van der Waals surface area contributed by atoms with E-state index in [0.29, 0.717) is 0 Å². The lowest BCUT2D eigenvalue weighted by Gasteiger charge is -2.37. The van der Waals surface area contributed by atoms with Gasteiger partial charge in [-0.15, -0.1) is 0 Å². The van der Waals surface area contributed by atoms with Crippen molar-refractivity contribution in [2.45, 2.75) is 77.9 Å². The number of hydrogen-bond acceptors (Lipinski definition) is 2. The first-order valence-electron chi connectivity index (χ1n) is 7.77. The van der Waals surface area contributed by atoms with Gasteiger partial charge in [-0.3, -0.25) is 0 Å². The van der Waals surface area contributed by atoms with Crippen LogP contribution in [0.2, 0.25) is 0 Å². The van der Waals surface area contributed by atoms with Gasteiger partial charge in [0.1, 0.15) is 0 Å². The first-order valence-corrected chi connectivity index (χ1v) is 7.77. The second kappa shape index (κ2) is 7.49. The monoisotopic (exact) mass is 255 g/mol. The van der Waals surface area contributed by atoms with Gasteiger partial charge in [0.05, 0.1) is 5.60 Å². The summed E-state index contributed by atoms with van der Waals surface area (Å²) in [6, 6.07) is 0.744. The van der Waals surface area contributed by atoms with Crippen molar-refractivity contribution in [1.29, 1.82) is 0 Å². The molecule has 2 nitrogen and oxygen atoms in total. The van der Waals surface area contributed by atoms with Crippen LogP contribution in [-0.2, 0) is 4.74 Å². The zero-order valence-corrected chi connectivity index (χ0v) is 13.1. The molecule has 0 aromatic rings. The number of hydrogen-bond donors (Lipinski definition) is 1. The third-order valence-corrected chi connectivity index (χ3v) is 4.57. The van der Waals surface area contributed by atoms with Crippen molar-refractivity contribution in [3.8, 4) is 0 Å². The average molecular weight is 255 g/mol. The van der Waals surface area contributed by atoms with Crippen LogP contribution in [0.1, 0.15) is 66.2 Å². The van der Waals surface area contributed by atoms with Crippen LogP contribution in [0.25, 0.3) is 0 Å². The molecule has 0 amide bonds. The summed E-state index contributed by atoms with van der Waals surface area (Å²) in [7, 11) is 1.83. The van der Waals surface area contributed by atoms with Crippen molar-refractivity contribution in [2.75, 3.05) is 13.7 Å². The van der Waals surface area contributed by atoms with Crippen molar-refractivity contribution in [2.24, 2.45) is 11.8 Å². The standard InChI is InChI=1S/C16H33NO/c1-6-11-17-15-8-7-13(2)12-14(15)9-10-16(3,4)18-5/h13-15,17H,6-12H2,1-5H3. The predicted molar refractivity (Wildman–Crippen MR) is 78.9 cm³/mol. The molecule has 0 bridgehead atoms. The van der Waals surface area contributed by atoms with Crippen LogP contribution in [0.3, 0.4) is 0 Å². The highest BCUT2D eigenvalue weighted by molar-refractivity contribution is 4.85. The summed E-state index contributed by atoms with van der Waals surface area (Å²) in [5.74, 6) is 1.75. The largest absolute Gasteiger partial charge is 0.379 e. The summed E-state index contributed by atoms with van der Waals surface area (Å²) in [5, 5.41) is 3.76. The topological polar surface area (TPSA) is 21.3 Å². The molecule has 108 valence electrons. The molecule has 0 radical (unpaired) electrons. The summed E-state index contributed by atoms with van der Waals surface area (Å²) in [4.78, 5) is 0. The predicted octanol–water partition coefficient (Wildman–Crippen LogP) is 4.00. The third-order valence-electron chi connectivity index (χ3n) is 4.57. The number of rotatable bonds is 7. The van der Waals surface area contributed by atoms with Crippen LogP contribution in [-0.4, -0.2) is 25.3 Å². The Labute approximate surface area is 114 Å². The fourth-order valence-electron chi connectivity index (χ4n) is 3.05. The van der Waals surface area contributed by atoms with Gasteiger partial charge in [0.25, 0.3) is 0 Å². The maximum atomic E-state index is 5.55. The van der Waals surface area contributed by atoms with E-state index in [-0.39, 0.29) is 5.60 Å². The average Bonchev–Trinajstić information content (AvgIpc) is 2.35. The van der Waals surface area contributed by atoms with E-state index in [1.165, 1.54) is 45.1 Å². The van der Waals surface area contributed by atoms with E-state index in [0.717, 1.165) is 17.9 Å². The van der Waals surface area contributed by atoms with Gasteiger partial charge in [0.15, 0.2) is 0 Å². The minimum Gasteiger partial charge on any atom is -0.379 e. The second-order valence-electron chi connectivity index (χ2n) is 6.74. The minimum absolute atomic E-state index is 0.0377. The van der Waals surface area contributed by atoms with Crippen LogP contribution in [0.5, 0.6) is 0 Å². The summed E-state index contributed by atoms with van der Waals surface area (Å²) < 4.78 is 5.55. The molecule has 1 saturated carbocycles. The molecule has 0 spiro atoms. The van der Waals surface area contributed by atoms with Crippen molar-refractivity contribution in [3.63, 3.8) is 0 Å². The molecule has 18 heavy (non-hydrogen) atoms. The highest BCUT2D eigenvalue weighted by Gasteiger charge is 2.29. The fraction of sp³-hybridized carbons (Fsp3) is 1.00. The Bertz CT molecular complexity index is 225. The SMILES string of the molecule is CCCNC1CCC(C)CC1CCC(C)(C)OC. The molecule has 1 fully saturated rings. The maximum Gasteiger partial charge on any atom is 0.0622 e. The molecule has 1 aliphatic rings. The van der Waals surface area contributed by atoms with Gasteiger partial charge in [-0.25, -0.2) is 0 Å². The lowest BCUT2D eigenvalue weighted by Crippen LogP contribution is -2.41. The normalized spacial score (nSPS) is 29.5. The third kappa shape index (κ3) is 5.27. The lowest BCUT2D eigenvalue weighted by molar-refractivity contribution is 0.00649. The van der Waals surface area contributed by atoms with E-state index in [2.05, 4.69) is 33.0 Å². The smallest absolute Gasteiger partial charge is 0.0622 e. The molecule has 0 aromatic carbocycles. The molecule has 0 aliphatic heterocycles. The van der Waals surface area contributed by atoms with Gasteiger partial charge < -0.3 is 10.1 Å². The molecule has 2 heteroatoms. The van der Waals surface area contributed by atoms with Crippen molar-refractivity contribution < 1.29 is 4.74 Å². The van der Waals surface area contributed by atoms with E-state index in [9.17, 15) is 0 Å². The van der Waals surface area contributed by atoms with E-state index in [1.54, 1.807) is 0 Å². The summed E-state index contributed by atoms with van der Waals surface area (Å²) in [6.07, 6.45) is 7.85. The zero-order valence-electron chi connectivity index (χ0n) is 13.1. The second-order valence-corrected chi connectivity index (χ2v) is 6.74. The molecule has 0 aromatic heterocycles. The number of nitrogens with one attached hydrogen (secondary N) is 1. The molecule has 0 heterocycles. The van der Waals surface area contributed by atoms with Gasteiger partial charge in [-0.05, 0) is 70.8 Å². The molecular weight excluding hydrogens is 222 g/mol. The lowest BCUT2D eigenvalue weighted by atomic mass is 9.75. The minimum atomic E-state index is 0.0377. The summed E-state index contributed by atoms with van der Waals surface area (Å²) in [6.45, 7) is 10.2. The molecule has 1 N–H and O–H groups in total. The number of ether oxygens (including phenoxy) is 1. The van der Waals surface area contributed by atoms with Crippen molar-refractivity contribution in [1.82, 2.24) is 5.32 Å². The van der Waals surface area contributed by atoms with E-state index < -0.39 is 0 Å². The van der Waals surface area contributed by atoms with Gasteiger partial charge in [-0.2, -0.15) is 0 Å². The Kier molecular flexibility index (Phi) is 6.65. The first kappa shape index (κ1) is 16.0. The fourth-order valence-corrected chi connectivity index (χ4v) is 3.05. The molecular formula is C16H33NO. The maximum absolute atomic E-state index is 5.55. The van der Waals surface area contributed by atoms with E-state index in [1.807, 2.05) is 7.11 Å². The Hall–Kier alpha value is -0.0800. The van der Waals surface area contributed by atoms with Crippen molar-refractivity contribution >= 4 is 0 Å². The highest BCUT2D eigenvalue weighted by atomic mass is 16.5. The molecule has 3 unspecified atom stereocenters. The van der Waals surface area contributed by atoms with Gasteiger partial charge >= 0.3 is 0 Å². The quantitative estimate of drug-likeness (QED) is 0.742. The summed E-state index contributed by atoms with van der Waals surface area (Å²) in [5.41, 5.74) is 0.0377. The Morgan fingerprint density at radius 2 is 2.00 bits per heavy atom. The van der Waals surface area contributed by atoms with Gasteiger partial charge in [0.2, 0.25) is 0 Å². The Morgan fingerprint density at radius 3 is 2.61 bits per heavy atom. The van der Waals surface area contributed by atoms with Crippen LogP contribution in [0.15, 0.2) is 0 Å². The van der Waals surface area contributed by atoms with Crippen LogP contribution < -0.4 is 5.32 Å². The molecule has 0 saturated heterocycles. The van der Waals surface area contributed by atoms with Crippen LogP contribution in [0, 0.1) is 11.8 Å². The summed E-state index contributed by atoms with van der Waals surface area (Å²) >= 11 is 0. The van der Waals surface area contributed by atoms with E-state index >= 15 is 0 Å². The van der Waals surface area contributed by atoms with Crippen LogP contribution in [0.4, 0.5) is 0 Å². The Balaban J connectivity index is 2.45. The molecule has 1 rings (SSSR count). The van der Waals surface area contributed by atoms with Gasteiger partial charge in [-0.1, -0.05) is 13.8 Å². The van der Waals surface area contributed by atoms with Crippen molar-refractivity contribution in [3.05, 3.63) is 0 Å². The first-order chi connectivity index (χ1) is 8.48. The van der Waals surface area contributed by atoms with Gasteiger partial charge in [0, 0.05) is 13.2 Å². The van der Waals surface area contributed by atoms with Crippen LogP contribution >= 0.6 is 0 Å². The molecule has 1 aliphatic carbocycles.